The second-order valence-electron chi connectivity index (χ2n) is 5.66. The Bertz CT molecular complexity index is 848. The van der Waals surface area contributed by atoms with E-state index < -0.39 is 5.97 Å². The number of rotatable bonds is 7. The molecule has 138 valence electrons. The van der Waals surface area contributed by atoms with Crippen molar-refractivity contribution < 1.29 is 23.8 Å². The fraction of sp³-hybridized carbons (Fsp3) is 0.300. The van der Waals surface area contributed by atoms with Crippen LogP contribution in [0.3, 0.4) is 0 Å². The standard InChI is InChI=1S/C20H23NO5/c1-6-26-20(23)18-12(2)19(21-13(18)3)15(22)9-7-14-8-10-16(24-4)17(11-14)25-5/h7-11,21H,6H2,1-5H3/b9-7+. The molecule has 0 unspecified atom stereocenters. The number of benzene rings is 1. The van der Waals surface area contributed by atoms with E-state index in [4.69, 9.17) is 14.2 Å². The van der Waals surface area contributed by atoms with E-state index in [9.17, 15) is 9.59 Å². The van der Waals surface area contributed by atoms with Gasteiger partial charge in [0, 0.05) is 5.69 Å². The minimum atomic E-state index is -0.429. The largest absolute Gasteiger partial charge is 0.493 e. The van der Waals surface area contributed by atoms with Gasteiger partial charge in [-0.2, -0.15) is 0 Å². The maximum absolute atomic E-state index is 12.5. The van der Waals surface area contributed by atoms with Gasteiger partial charge in [-0.1, -0.05) is 12.1 Å². The average Bonchev–Trinajstić information content (AvgIpc) is 2.93. The molecular formula is C20H23NO5. The molecule has 1 N–H and O–H groups in total. The van der Waals surface area contributed by atoms with Crippen molar-refractivity contribution in [3.05, 3.63) is 52.4 Å². The van der Waals surface area contributed by atoms with E-state index in [0.717, 1.165) is 5.56 Å². The molecule has 0 radical (unpaired) electrons. The van der Waals surface area contributed by atoms with Gasteiger partial charge >= 0.3 is 5.97 Å². The van der Waals surface area contributed by atoms with Crippen LogP contribution in [0.5, 0.6) is 11.5 Å². The van der Waals surface area contributed by atoms with Crippen molar-refractivity contribution in [2.45, 2.75) is 20.8 Å². The lowest BCUT2D eigenvalue weighted by Crippen LogP contribution is -2.07. The number of carbonyl (C=O) groups excluding carboxylic acids is 2. The van der Waals surface area contributed by atoms with Crippen molar-refractivity contribution >= 4 is 17.8 Å². The molecule has 0 atom stereocenters. The fourth-order valence-electron chi connectivity index (χ4n) is 2.72. The quantitative estimate of drug-likeness (QED) is 0.464. The molecule has 0 spiro atoms. The van der Waals surface area contributed by atoms with Crippen LogP contribution in [0.4, 0.5) is 0 Å². The van der Waals surface area contributed by atoms with Crippen molar-refractivity contribution in [2.75, 3.05) is 20.8 Å². The first kappa shape index (κ1) is 19.3. The number of aromatic amines is 1. The van der Waals surface area contributed by atoms with Crippen LogP contribution in [0, 0.1) is 13.8 Å². The molecule has 0 aliphatic carbocycles. The van der Waals surface area contributed by atoms with E-state index in [-0.39, 0.29) is 12.4 Å². The summed E-state index contributed by atoms with van der Waals surface area (Å²) in [4.78, 5) is 27.6. The van der Waals surface area contributed by atoms with E-state index in [1.165, 1.54) is 6.08 Å². The van der Waals surface area contributed by atoms with Crippen LogP contribution in [-0.4, -0.2) is 37.6 Å². The Morgan fingerprint density at radius 1 is 1.12 bits per heavy atom. The summed E-state index contributed by atoms with van der Waals surface area (Å²) >= 11 is 0. The number of ketones is 1. The highest BCUT2D eigenvalue weighted by molar-refractivity contribution is 6.08. The second-order valence-corrected chi connectivity index (χ2v) is 5.66. The molecule has 0 aliphatic rings. The summed E-state index contributed by atoms with van der Waals surface area (Å²) in [6.45, 7) is 5.50. The lowest BCUT2D eigenvalue weighted by molar-refractivity contribution is 0.0525. The molecule has 2 rings (SSSR count). The summed E-state index contributed by atoms with van der Waals surface area (Å²) in [5, 5.41) is 0. The van der Waals surface area contributed by atoms with Gasteiger partial charge in [-0.25, -0.2) is 4.79 Å². The highest BCUT2D eigenvalue weighted by Crippen LogP contribution is 2.28. The van der Waals surface area contributed by atoms with Gasteiger partial charge < -0.3 is 19.2 Å². The molecule has 0 bridgehead atoms. The summed E-state index contributed by atoms with van der Waals surface area (Å²) in [6, 6.07) is 5.37. The van der Waals surface area contributed by atoms with E-state index in [0.29, 0.717) is 34.0 Å². The van der Waals surface area contributed by atoms with Crippen LogP contribution in [-0.2, 0) is 4.74 Å². The third-order valence-electron chi connectivity index (χ3n) is 4.00. The van der Waals surface area contributed by atoms with Gasteiger partial charge in [0.2, 0.25) is 5.78 Å². The summed E-state index contributed by atoms with van der Waals surface area (Å²) < 4.78 is 15.5. The first-order valence-electron chi connectivity index (χ1n) is 8.23. The van der Waals surface area contributed by atoms with Gasteiger partial charge in [0.05, 0.1) is 32.1 Å². The van der Waals surface area contributed by atoms with Crippen LogP contribution in [0.2, 0.25) is 0 Å². The van der Waals surface area contributed by atoms with E-state index in [1.54, 1.807) is 53.2 Å². The van der Waals surface area contributed by atoms with E-state index in [1.807, 2.05) is 6.07 Å². The topological polar surface area (TPSA) is 77.6 Å². The zero-order valence-electron chi connectivity index (χ0n) is 15.6. The second kappa shape index (κ2) is 8.38. The third kappa shape index (κ3) is 3.96. The van der Waals surface area contributed by atoms with E-state index in [2.05, 4.69) is 4.98 Å². The van der Waals surface area contributed by atoms with Gasteiger partial charge in [0.15, 0.2) is 11.5 Å². The lowest BCUT2D eigenvalue weighted by Gasteiger charge is -2.07. The molecule has 0 fully saturated rings. The van der Waals surface area contributed by atoms with Crippen LogP contribution < -0.4 is 9.47 Å². The maximum Gasteiger partial charge on any atom is 0.340 e. The predicted octanol–water partition coefficient (Wildman–Crippen LogP) is 3.72. The zero-order chi connectivity index (χ0) is 19.3. The first-order valence-corrected chi connectivity index (χ1v) is 8.23. The summed E-state index contributed by atoms with van der Waals surface area (Å²) in [6.07, 6.45) is 3.14. The molecule has 6 nitrogen and oxygen atoms in total. The predicted molar refractivity (Wildman–Crippen MR) is 99.1 cm³/mol. The number of hydrogen-bond donors (Lipinski definition) is 1. The van der Waals surface area contributed by atoms with Crippen molar-refractivity contribution in [3.63, 3.8) is 0 Å². The molecule has 2 aromatic rings. The molecular weight excluding hydrogens is 334 g/mol. The molecule has 26 heavy (non-hydrogen) atoms. The Hall–Kier alpha value is -3.02. The monoisotopic (exact) mass is 357 g/mol. The molecule has 0 saturated carbocycles. The van der Waals surface area contributed by atoms with Crippen LogP contribution >= 0.6 is 0 Å². The highest BCUT2D eigenvalue weighted by Gasteiger charge is 2.21. The fourth-order valence-corrected chi connectivity index (χ4v) is 2.72. The number of ether oxygens (including phenoxy) is 3. The summed E-state index contributed by atoms with van der Waals surface area (Å²) in [5.74, 6) is 0.544. The Morgan fingerprint density at radius 2 is 1.81 bits per heavy atom. The molecule has 1 aromatic carbocycles. The van der Waals surface area contributed by atoms with Crippen molar-refractivity contribution in [2.24, 2.45) is 0 Å². The van der Waals surface area contributed by atoms with Gasteiger partial charge in [-0.3, -0.25) is 4.79 Å². The number of carbonyl (C=O) groups is 2. The van der Waals surface area contributed by atoms with Gasteiger partial charge in [0.1, 0.15) is 0 Å². The van der Waals surface area contributed by atoms with Crippen LogP contribution in [0.1, 0.15) is 44.6 Å². The normalized spacial score (nSPS) is 10.8. The highest BCUT2D eigenvalue weighted by atomic mass is 16.5. The molecule has 0 saturated heterocycles. The Balaban J connectivity index is 2.26. The summed E-state index contributed by atoms with van der Waals surface area (Å²) in [7, 11) is 3.12. The molecule has 1 aromatic heterocycles. The van der Waals surface area contributed by atoms with Crippen LogP contribution in [0.15, 0.2) is 24.3 Å². The number of esters is 1. The Kier molecular flexibility index (Phi) is 6.22. The van der Waals surface area contributed by atoms with Crippen molar-refractivity contribution in [1.82, 2.24) is 4.98 Å². The first-order chi connectivity index (χ1) is 12.4. The molecule has 1 heterocycles. The van der Waals surface area contributed by atoms with Gasteiger partial charge in [0.25, 0.3) is 0 Å². The van der Waals surface area contributed by atoms with Crippen LogP contribution in [0.25, 0.3) is 6.08 Å². The van der Waals surface area contributed by atoms with E-state index >= 15 is 0 Å². The number of aryl methyl sites for hydroxylation is 1. The van der Waals surface area contributed by atoms with Gasteiger partial charge in [-0.15, -0.1) is 0 Å². The van der Waals surface area contributed by atoms with Gasteiger partial charge in [-0.05, 0) is 50.1 Å². The average molecular weight is 357 g/mol. The van der Waals surface area contributed by atoms with Crippen molar-refractivity contribution in [1.29, 1.82) is 0 Å². The number of allylic oxidation sites excluding steroid dienone is 1. The minimum absolute atomic E-state index is 0.226. The minimum Gasteiger partial charge on any atom is -0.493 e. The summed E-state index contributed by atoms with van der Waals surface area (Å²) in [5.41, 5.74) is 2.78. The zero-order valence-corrected chi connectivity index (χ0v) is 15.6. The number of aromatic nitrogens is 1. The third-order valence-corrected chi connectivity index (χ3v) is 4.00. The number of hydrogen-bond acceptors (Lipinski definition) is 5. The molecule has 0 aliphatic heterocycles. The van der Waals surface area contributed by atoms with Crippen molar-refractivity contribution in [3.8, 4) is 11.5 Å². The smallest absolute Gasteiger partial charge is 0.340 e. The number of methoxy groups -OCH3 is 2. The number of H-pyrrole nitrogens is 1. The maximum atomic E-state index is 12.5. The molecule has 0 amide bonds. The molecule has 6 heteroatoms. The lowest BCUT2D eigenvalue weighted by atomic mass is 10.1. The Morgan fingerprint density at radius 3 is 2.42 bits per heavy atom. The number of nitrogens with one attached hydrogen (secondary N) is 1. The Labute approximate surface area is 152 Å². The SMILES string of the molecule is CCOC(=O)c1c(C)[nH]c(C(=O)/C=C/c2ccc(OC)c(OC)c2)c1C.